The van der Waals surface area contributed by atoms with Gasteiger partial charge in [-0.25, -0.2) is 0 Å². The van der Waals surface area contributed by atoms with Crippen LogP contribution >= 0.6 is 0 Å². The molecule has 0 spiro atoms. The zero-order valence-electron chi connectivity index (χ0n) is 16.2. The molecule has 0 radical (unpaired) electrons. The Morgan fingerprint density at radius 1 is 0.923 bits per heavy atom. The van der Waals surface area contributed by atoms with E-state index in [0.29, 0.717) is 6.54 Å². The van der Waals surface area contributed by atoms with Crippen LogP contribution in [0.4, 0.5) is 0 Å². The minimum Gasteiger partial charge on any atom is -0.394 e. The topological polar surface area (TPSA) is 43.7 Å². The van der Waals surface area contributed by atoms with Crippen molar-refractivity contribution in [3.63, 3.8) is 0 Å². The molecule has 3 nitrogen and oxygen atoms in total. The SMILES string of the molecule is Cc1ccccc1Cc1ccc(CCCCCN(C)CC(O)CO)cc1. The fourth-order valence-corrected chi connectivity index (χ4v) is 3.25. The zero-order valence-corrected chi connectivity index (χ0v) is 16.2. The molecule has 142 valence electrons. The molecule has 0 aromatic heterocycles. The van der Waals surface area contributed by atoms with Gasteiger partial charge in [0.15, 0.2) is 0 Å². The van der Waals surface area contributed by atoms with E-state index in [9.17, 15) is 5.11 Å². The Morgan fingerprint density at radius 3 is 2.31 bits per heavy atom. The fraction of sp³-hybridized carbons (Fsp3) is 0.478. The molecule has 1 atom stereocenters. The number of aliphatic hydroxyl groups excluding tert-OH is 2. The van der Waals surface area contributed by atoms with Crippen LogP contribution in [0.5, 0.6) is 0 Å². The number of aryl methyl sites for hydroxylation is 2. The van der Waals surface area contributed by atoms with Crippen LogP contribution in [0.25, 0.3) is 0 Å². The van der Waals surface area contributed by atoms with Crippen LogP contribution in [0.1, 0.15) is 41.5 Å². The van der Waals surface area contributed by atoms with Crippen molar-refractivity contribution < 1.29 is 10.2 Å². The van der Waals surface area contributed by atoms with Crippen LogP contribution in [-0.2, 0) is 12.8 Å². The number of likely N-dealkylation sites (N-methyl/N-ethyl adjacent to an activating group) is 1. The van der Waals surface area contributed by atoms with Gasteiger partial charge >= 0.3 is 0 Å². The molecule has 2 rings (SSSR count). The molecule has 0 aliphatic rings. The Kier molecular flexibility index (Phi) is 8.82. The maximum Gasteiger partial charge on any atom is 0.0897 e. The minimum absolute atomic E-state index is 0.163. The van der Waals surface area contributed by atoms with Gasteiger partial charge in [-0.1, -0.05) is 55.0 Å². The molecular weight excluding hydrogens is 322 g/mol. The first kappa shape index (κ1) is 20.6. The van der Waals surface area contributed by atoms with Crippen LogP contribution < -0.4 is 0 Å². The summed E-state index contributed by atoms with van der Waals surface area (Å²) >= 11 is 0. The molecule has 0 aliphatic carbocycles. The average Bonchev–Trinajstić information content (AvgIpc) is 2.64. The number of unbranched alkanes of at least 4 members (excludes halogenated alkanes) is 2. The third-order valence-corrected chi connectivity index (χ3v) is 4.92. The summed E-state index contributed by atoms with van der Waals surface area (Å²) in [6.07, 6.45) is 4.99. The number of nitrogens with zero attached hydrogens (tertiary/aromatic N) is 1. The van der Waals surface area contributed by atoms with Gasteiger partial charge in [-0.15, -0.1) is 0 Å². The predicted octanol–water partition coefficient (Wildman–Crippen LogP) is 3.58. The van der Waals surface area contributed by atoms with Gasteiger partial charge in [0.2, 0.25) is 0 Å². The molecular formula is C23H33NO2. The summed E-state index contributed by atoms with van der Waals surface area (Å²) < 4.78 is 0. The van der Waals surface area contributed by atoms with Crippen molar-refractivity contribution in [2.45, 2.75) is 45.1 Å². The number of hydrogen-bond acceptors (Lipinski definition) is 3. The molecule has 2 aromatic carbocycles. The van der Waals surface area contributed by atoms with Gasteiger partial charge < -0.3 is 15.1 Å². The lowest BCUT2D eigenvalue weighted by atomic mass is 9.99. The van der Waals surface area contributed by atoms with E-state index in [0.717, 1.165) is 25.8 Å². The first-order valence-corrected chi connectivity index (χ1v) is 9.68. The second kappa shape index (κ2) is 11.1. The summed E-state index contributed by atoms with van der Waals surface area (Å²) in [5, 5.41) is 18.3. The van der Waals surface area contributed by atoms with Gasteiger partial charge in [0, 0.05) is 6.54 Å². The highest BCUT2D eigenvalue weighted by Gasteiger charge is 2.06. The Bertz CT molecular complexity index is 639. The third kappa shape index (κ3) is 7.28. The highest BCUT2D eigenvalue weighted by molar-refractivity contribution is 5.33. The number of hydrogen-bond donors (Lipinski definition) is 2. The standard InChI is InChI=1S/C23H33NO2/c1-19-8-5-6-10-22(19)16-21-13-11-20(12-14-21)9-4-3-7-15-24(2)17-23(26)18-25/h5-6,8,10-14,23,25-26H,3-4,7,9,15-18H2,1-2H3. The number of aliphatic hydroxyl groups is 2. The van der Waals surface area contributed by atoms with Crippen LogP contribution in [0.2, 0.25) is 0 Å². The molecule has 0 fully saturated rings. The van der Waals surface area contributed by atoms with E-state index in [1.54, 1.807) is 0 Å². The van der Waals surface area contributed by atoms with Crippen molar-refractivity contribution in [1.82, 2.24) is 4.90 Å². The minimum atomic E-state index is -0.627. The molecule has 0 saturated heterocycles. The Labute approximate surface area is 158 Å². The summed E-state index contributed by atoms with van der Waals surface area (Å²) in [5.41, 5.74) is 5.53. The summed E-state index contributed by atoms with van der Waals surface area (Å²) in [7, 11) is 1.99. The normalized spacial score (nSPS) is 12.5. The van der Waals surface area contributed by atoms with Gasteiger partial charge in [-0.2, -0.15) is 0 Å². The van der Waals surface area contributed by atoms with E-state index < -0.39 is 6.10 Å². The fourth-order valence-electron chi connectivity index (χ4n) is 3.25. The molecule has 0 amide bonds. The van der Waals surface area contributed by atoms with E-state index in [1.165, 1.54) is 35.1 Å². The third-order valence-electron chi connectivity index (χ3n) is 4.92. The Balaban J connectivity index is 1.67. The van der Waals surface area contributed by atoms with Gasteiger partial charge in [-0.3, -0.25) is 0 Å². The molecule has 0 aliphatic heterocycles. The van der Waals surface area contributed by atoms with Crippen LogP contribution in [0.15, 0.2) is 48.5 Å². The van der Waals surface area contributed by atoms with Crippen LogP contribution in [-0.4, -0.2) is 48.0 Å². The number of rotatable bonds is 11. The smallest absolute Gasteiger partial charge is 0.0897 e. The molecule has 0 saturated carbocycles. The molecule has 3 heteroatoms. The van der Waals surface area contributed by atoms with Crippen molar-refractivity contribution >= 4 is 0 Å². The quantitative estimate of drug-likeness (QED) is 0.606. The summed E-state index contributed by atoms with van der Waals surface area (Å²) in [4.78, 5) is 2.08. The van der Waals surface area contributed by atoms with Gasteiger partial charge in [0.05, 0.1) is 12.7 Å². The second-order valence-electron chi connectivity index (χ2n) is 7.33. The van der Waals surface area contributed by atoms with Gasteiger partial charge in [0.25, 0.3) is 0 Å². The summed E-state index contributed by atoms with van der Waals surface area (Å²) in [6.45, 7) is 3.51. The van der Waals surface area contributed by atoms with Crippen molar-refractivity contribution in [2.24, 2.45) is 0 Å². The Morgan fingerprint density at radius 2 is 1.62 bits per heavy atom. The largest absolute Gasteiger partial charge is 0.394 e. The van der Waals surface area contributed by atoms with E-state index in [2.05, 4.69) is 60.4 Å². The highest BCUT2D eigenvalue weighted by Crippen LogP contribution is 2.15. The monoisotopic (exact) mass is 355 g/mol. The van der Waals surface area contributed by atoms with E-state index in [1.807, 2.05) is 7.05 Å². The first-order valence-electron chi connectivity index (χ1n) is 9.68. The molecule has 2 N–H and O–H groups in total. The van der Waals surface area contributed by atoms with E-state index in [4.69, 9.17) is 5.11 Å². The van der Waals surface area contributed by atoms with Crippen LogP contribution in [0.3, 0.4) is 0 Å². The van der Waals surface area contributed by atoms with E-state index >= 15 is 0 Å². The molecule has 1 unspecified atom stereocenters. The second-order valence-corrected chi connectivity index (χ2v) is 7.33. The molecule has 0 heterocycles. The van der Waals surface area contributed by atoms with Crippen molar-refractivity contribution in [2.75, 3.05) is 26.7 Å². The molecule has 0 bridgehead atoms. The summed E-state index contributed by atoms with van der Waals surface area (Å²) in [5.74, 6) is 0. The summed E-state index contributed by atoms with van der Waals surface area (Å²) in [6, 6.07) is 17.6. The number of benzene rings is 2. The van der Waals surface area contributed by atoms with E-state index in [-0.39, 0.29) is 6.61 Å². The Hall–Kier alpha value is -1.68. The van der Waals surface area contributed by atoms with Gasteiger partial charge in [0.1, 0.15) is 0 Å². The van der Waals surface area contributed by atoms with Crippen LogP contribution in [0, 0.1) is 6.92 Å². The maximum absolute atomic E-state index is 9.42. The maximum atomic E-state index is 9.42. The molecule has 26 heavy (non-hydrogen) atoms. The van der Waals surface area contributed by atoms with Gasteiger partial charge in [-0.05, 0) is 68.5 Å². The van der Waals surface area contributed by atoms with Crippen molar-refractivity contribution in [3.8, 4) is 0 Å². The lowest BCUT2D eigenvalue weighted by Gasteiger charge is -2.19. The zero-order chi connectivity index (χ0) is 18.8. The lowest BCUT2D eigenvalue weighted by molar-refractivity contribution is 0.0662. The van der Waals surface area contributed by atoms with Crippen molar-refractivity contribution in [1.29, 1.82) is 0 Å². The lowest BCUT2D eigenvalue weighted by Crippen LogP contribution is -2.32. The first-order chi connectivity index (χ1) is 12.6. The molecule has 2 aromatic rings. The predicted molar refractivity (Wildman–Crippen MR) is 109 cm³/mol. The van der Waals surface area contributed by atoms with Crippen molar-refractivity contribution in [3.05, 3.63) is 70.8 Å². The average molecular weight is 356 g/mol. The highest BCUT2D eigenvalue weighted by atomic mass is 16.3.